The van der Waals surface area contributed by atoms with Crippen LogP contribution in [-0.4, -0.2) is 16.6 Å². The predicted octanol–water partition coefficient (Wildman–Crippen LogP) is 2.60. The van der Waals surface area contributed by atoms with Crippen LogP contribution in [0.25, 0.3) is 11.0 Å². The van der Waals surface area contributed by atoms with Crippen molar-refractivity contribution in [2.75, 3.05) is 0 Å². The minimum absolute atomic E-state index is 0.130. The zero-order valence-corrected chi connectivity index (χ0v) is 9.71. The van der Waals surface area contributed by atoms with E-state index >= 15 is 0 Å². The first-order chi connectivity index (χ1) is 9.27. The number of ketones is 2. The van der Waals surface area contributed by atoms with Crippen LogP contribution in [0.5, 0.6) is 0 Å². The van der Waals surface area contributed by atoms with Crippen LogP contribution in [0.3, 0.4) is 0 Å². The molecule has 0 aliphatic heterocycles. The second-order valence-corrected chi connectivity index (χ2v) is 4.38. The highest BCUT2D eigenvalue weighted by Gasteiger charge is 2.34. The summed E-state index contributed by atoms with van der Waals surface area (Å²) in [5.41, 5.74) is 1.59. The minimum atomic E-state index is -0.261. The summed E-state index contributed by atoms with van der Waals surface area (Å²) in [6.45, 7) is 0. The lowest BCUT2D eigenvalue weighted by Gasteiger charge is -2.11. The van der Waals surface area contributed by atoms with E-state index in [4.69, 9.17) is 4.42 Å². The Morgan fingerprint density at radius 3 is 2.68 bits per heavy atom. The maximum absolute atomic E-state index is 12.5. The van der Waals surface area contributed by atoms with E-state index in [0.717, 1.165) is 0 Å². The van der Waals surface area contributed by atoms with Gasteiger partial charge in [-0.15, -0.1) is 0 Å². The second kappa shape index (κ2) is 3.38. The van der Waals surface area contributed by atoms with Crippen molar-refractivity contribution in [3.8, 4) is 0 Å². The van der Waals surface area contributed by atoms with Crippen LogP contribution < -0.4 is 0 Å². The Kier molecular flexibility index (Phi) is 1.82. The lowest BCUT2D eigenvalue weighted by Crippen LogP contribution is -2.19. The first-order valence-corrected chi connectivity index (χ1v) is 5.82. The predicted molar refractivity (Wildman–Crippen MR) is 67.3 cm³/mol. The average Bonchev–Trinajstić information content (AvgIpc) is 2.84. The molecule has 0 bridgehead atoms. The monoisotopic (exact) mass is 249 g/mol. The number of rotatable bonds is 0. The molecule has 3 aromatic rings. The van der Waals surface area contributed by atoms with E-state index in [9.17, 15) is 9.59 Å². The normalized spacial score (nSPS) is 13.5. The fraction of sp³-hybridized carbons (Fsp3) is 0. The summed E-state index contributed by atoms with van der Waals surface area (Å²) in [5.74, 6) is -0.337. The summed E-state index contributed by atoms with van der Waals surface area (Å²) >= 11 is 0. The van der Waals surface area contributed by atoms with Gasteiger partial charge in [0.1, 0.15) is 5.58 Å². The Bertz CT molecular complexity index is 861. The summed E-state index contributed by atoms with van der Waals surface area (Å²) in [6.07, 6.45) is 2.93. The smallest absolute Gasteiger partial charge is 0.229 e. The van der Waals surface area contributed by atoms with Crippen molar-refractivity contribution in [1.29, 1.82) is 0 Å². The lowest BCUT2D eigenvalue weighted by atomic mass is 9.88. The molecule has 2 aromatic heterocycles. The van der Waals surface area contributed by atoms with E-state index in [1.54, 1.807) is 24.3 Å². The number of nitrogens with zero attached hydrogens (tertiary/aromatic N) is 1. The van der Waals surface area contributed by atoms with Gasteiger partial charge in [0.2, 0.25) is 5.78 Å². The van der Waals surface area contributed by atoms with Crippen LogP contribution in [-0.2, 0) is 0 Å². The highest BCUT2D eigenvalue weighted by molar-refractivity contribution is 6.31. The van der Waals surface area contributed by atoms with Crippen LogP contribution in [0, 0.1) is 0 Å². The average molecular weight is 249 g/mol. The molecule has 0 fully saturated rings. The summed E-state index contributed by atoms with van der Waals surface area (Å²) < 4.78 is 5.54. The maximum Gasteiger partial charge on any atom is 0.229 e. The summed E-state index contributed by atoms with van der Waals surface area (Å²) in [4.78, 5) is 28.7. The molecule has 1 aliphatic rings. The van der Waals surface area contributed by atoms with Crippen molar-refractivity contribution < 1.29 is 14.0 Å². The molecule has 0 saturated carbocycles. The summed E-state index contributed by atoms with van der Waals surface area (Å²) in [7, 11) is 0. The minimum Gasteiger partial charge on any atom is -0.452 e. The molecule has 90 valence electrons. The second-order valence-electron chi connectivity index (χ2n) is 4.38. The molecule has 0 N–H and O–H groups in total. The number of aromatic nitrogens is 1. The van der Waals surface area contributed by atoms with Gasteiger partial charge in [0.15, 0.2) is 11.5 Å². The molecule has 19 heavy (non-hydrogen) atoms. The van der Waals surface area contributed by atoms with Crippen molar-refractivity contribution in [3.63, 3.8) is 0 Å². The number of furan rings is 1. The van der Waals surface area contributed by atoms with Crippen molar-refractivity contribution in [3.05, 3.63) is 65.2 Å². The Labute approximate surface area is 107 Å². The van der Waals surface area contributed by atoms with E-state index in [1.807, 2.05) is 6.07 Å². The molecule has 0 saturated heterocycles. The molecule has 0 spiro atoms. The number of benzene rings is 1. The molecule has 0 atom stereocenters. The van der Waals surface area contributed by atoms with Crippen molar-refractivity contribution in [2.45, 2.75) is 0 Å². The van der Waals surface area contributed by atoms with Crippen molar-refractivity contribution in [2.24, 2.45) is 0 Å². The highest BCUT2D eigenvalue weighted by Crippen LogP contribution is 2.34. The third-order valence-electron chi connectivity index (χ3n) is 3.34. The molecule has 4 heteroatoms. The number of carbonyl (C=O) groups is 2. The van der Waals surface area contributed by atoms with Gasteiger partial charge < -0.3 is 4.42 Å². The lowest BCUT2D eigenvalue weighted by molar-refractivity contribution is 0.0962. The van der Waals surface area contributed by atoms with Crippen LogP contribution in [0.15, 0.2) is 47.1 Å². The summed E-state index contributed by atoms with van der Waals surface area (Å²) in [6, 6.07) is 8.70. The third kappa shape index (κ3) is 1.20. The highest BCUT2D eigenvalue weighted by atomic mass is 16.3. The largest absolute Gasteiger partial charge is 0.452 e. The van der Waals surface area contributed by atoms with Gasteiger partial charge in [-0.25, -0.2) is 0 Å². The van der Waals surface area contributed by atoms with E-state index in [0.29, 0.717) is 27.7 Å². The number of pyridine rings is 1. The van der Waals surface area contributed by atoms with Gasteiger partial charge in [0, 0.05) is 23.3 Å². The number of hydrogen-bond acceptors (Lipinski definition) is 4. The SMILES string of the molecule is O=C1c2ccncc2C(=O)c2c1oc1ccccc21. The fourth-order valence-electron chi connectivity index (χ4n) is 2.46. The van der Waals surface area contributed by atoms with E-state index in [1.165, 1.54) is 12.4 Å². The Morgan fingerprint density at radius 1 is 0.947 bits per heavy atom. The van der Waals surface area contributed by atoms with Gasteiger partial charge in [0.25, 0.3) is 0 Å². The topological polar surface area (TPSA) is 60.2 Å². The number of carbonyl (C=O) groups excluding carboxylic acids is 2. The molecular weight excluding hydrogens is 242 g/mol. The zero-order chi connectivity index (χ0) is 13.0. The molecule has 0 radical (unpaired) electrons. The molecule has 4 nitrogen and oxygen atoms in total. The van der Waals surface area contributed by atoms with Gasteiger partial charge in [-0.1, -0.05) is 18.2 Å². The zero-order valence-electron chi connectivity index (χ0n) is 9.71. The van der Waals surface area contributed by atoms with E-state index in [-0.39, 0.29) is 17.3 Å². The van der Waals surface area contributed by atoms with E-state index < -0.39 is 0 Å². The van der Waals surface area contributed by atoms with E-state index in [2.05, 4.69) is 4.98 Å². The van der Waals surface area contributed by atoms with Crippen LogP contribution >= 0.6 is 0 Å². The maximum atomic E-state index is 12.5. The molecule has 2 heterocycles. The third-order valence-corrected chi connectivity index (χ3v) is 3.34. The van der Waals surface area contributed by atoms with Crippen LogP contribution in [0.2, 0.25) is 0 Å². The molecule has 1 aliphatic carbocycles. The molecule has 4 rings (SSSR count). The number of fused-ring (bicyclic) bond motifs is 4. The van der Waals surface area contributed by atoms with Gasteiger partial charge in [-0.2, -0.15) is 0 Å². The fourth-order valence-corrected chi connectivity index (χ4v) is 2.46. The first kappa shape index (κ1) is 10.2. The molecule has 1 aromatic carbocycles. The first-order valence-electron chi connectivity index (χ1n) is 5.82. The number of para-hydroxylation sites is 1. The van der Waals surface area contributed by atoms with Gasteiger partial charge in [-0.3, -0.25) is 14.6 Å². The quantitative estimate of drug-likeness (QED) is 0.480. The molecule has 0 unspecified atom stereocenters. The van der Waals surface area contributed by atoms with Crippen LogP contribution in [0.4, 0.5) is 0 Å². The van der Waals surface area contributed by atoms with Gasteiger partial charge in [0.05, 0.1) is 11.1 Å². The Morgan fingerprint density at radius 2 is 1.79 bits per heavy atom. The van der Waals surface area contributed by atoms with Gasteiger partial charge in [-0.05, 0) is 12.1 Å². The summed E-state index contributed by atoms with van der Waals surface area (Å²) in [5, 5.41) is 0.672. The van der Waals surface area contributed by atoms with Crippen LogP contribution in [0.1, 0.15) is 32.0 Å². The Balaban J connectivity index is 2.14. The molecular formula is C15H7NO3. The van der Waals surface area contributed by atoms with Gasteiger partial charge >= 0.3 is 0 Å². The van der Waals surface area contributed by atoms with Crippen molar-refractivity contribution in [1.82, 2.24) is 4.98 Å². The molecule has 0 amide bonds. The van der Waals surface area contributed by atoms with Crippen molar-refractivity contribution >= 4 is 22.5 Å². The number of hydrogen-bond donors (Lipinski definition) is 0. The Hall–Kier alpha value is -2.75. The standard InChI is InChI=1S/C15H7NO3/c17-13-10-7-16-6-5-8(10)14(18)15-12(13)9-3-1-2-4-11(9)19-15/h1-7H.